The number of rotatable bonds is 5. The molecule has 2 heterocycles. The molecule has 1 aromatic carbocycles. The number of benzene rings is 1. The molecule has 2 aliphatic rings. The Kier molecular flexibility index (Phi) is 4.18. The molecule has 1 aromatic heterocycles. The molecule has 2 aromatic rings. The number of hydrogen-bond donors (Lipinski definition) is 2. The Labute approximate surface area is 157 Å². The van der Waals surface area contributed by atoms with Gasteiger partial charge in [0.25, 0.3) is 11.5 Å². The molecule has 4 rings (SSSR count). The van der Waals surface area contributed by atoms with Gasteiger partial charge in [-0.15, -0.1) is 0 Å². The Balaban J connectivity index is 1.66. The Morgan fingerprint density at radius 1 is 1.21 bits per heavy atom. The third kappa shape index (κ3) is 2.45. The number of methoxy groups -OCH3 is 1. The summed E-state index contributed by atoms with van der Waals surface area (Å²) < 4.78 is 39.7. The van der Waals surface area contributed by atoms with Crippen molar-refractivity contribution in [1.29, 1.82) is 0 Å². The van der Waals surface area contributed by atoms with E-state index >= 15 is 0 Å². The molecule has 1 saturated heterocycles. The van der Waals surface area contributed by atoms with Crippen molar-refractivity contribution in [2.75, 3.05) is 13.7 Å². The molecule has 2 N–H and O–H groups in total. The van der Waals surface area contributed by atoms with Crippen molar-refractivity contribution in [2.24, 2.45) is 5.92 Å². The van der Waals surface area contributed by atoms with Crippen molar-refractivity contribution < 1.29 is 28.5 Å². The SMILES string of the molecule is COc1ccc(Cn2c(=O)ccn([C@@H]3O[C@]4(CO)[C@H]([C@H]3O)C4(F)F)c2=O)cc1. The first-order valence-corrected chi connectivity index (χ1v) is 8.56. The van der Waals surface area contributed by atoms with Crippen molar-refractivity contribution in [2.45, 2.75) is 30.4 Å². The summed E-state index contributed by atoms with van der Waals surface area (Å²) >= 11 is 0. The predicted octanol–water partition coefficient (Wildman–Crippen LogP) is -0.0472. The zero-order valence-electron chi connectivity index (χ0n) is 14.8. The number of ether oxygens (including phenoxy) is 2. The van der Waals surface area contributed by atoms with Crippen LogP contribution in [0.25, 0.3) is 0 Å². The van der Waals surface area contributed by atoms with E-state index in [9.17, 15) is 28.6 Å². The summed E-state index contributed by atoms with van der Waals surface area (Å²) in [6.45, 7) is -1.05. The maximum Gasteiger partial charge on any atom is 0.333 e. The molecule has 1 saturated carbocycles. The molecule has 1 aliphatic heterocycles. The Morgan fingerprint density at radius 2 is 1.89 bits per heavy atom. The van der Waals surface area contributed by atoms with Gasteiger partial charge < -0.3 is 19.7 Å². The van der Waals surface area contributed by atoms with E-state index in [-0.39, 0.29) is 6.54 Å². The van der Waals surface area contributed by atoms with Gasteiger partial charge in [0.15, 0.2) is 11.8 Å². The van der Waals surface area contributed by atoms with E-state index < -0.39 is 47.6 Å². The molecular weight excluding hydrogens is 378 g/mol. The van der Waals surface area contributed by atoms with Crippen molar-refractivity contribution in [1.82, 2.24) is 9.13 Å². The normalized spacial score (nSPS) is 30.1. The fraction of sp³-hybridized carbons (Fsp3) is 0.444. The molecule has 1 aliphatic carbocycles. The van der Waals surface area contributed by atoms with Crippen LogP contribution in [0.3, 0.4) is 0 Å². The summed E-state index contributed by atoms with van der Waals surface area (Å²) in [6, 6.07) is 7.80. The van der Waals surface area contributed by atoms with E-state index in [0.717, 1.165) is 21.4 Å². The highest BCUT2D eigenvalue weighted by molar-refractivity contribution is 5.28. The van der Waals surface area contributed by atoms with Crippen LogP contribution in [0.2, 0.25) is 0 Å². The largest absolute Gasteiger partial charge is 0.497 e. The maximum atomic E-state index is 13.8. The van der Waals surface area contributed by atoms with Crippen molar-refractivity contribution >= 4 is 0 Å². The second kappa shape index (κ2) is 6.23. The third-order valence-corrected chi connectivity index (χ3v) is 5.44. The fourth-order valence-electron chi connectivity index (χ4n) is 3.80. The highest BCUT2D eigenvalue weighted by atomic mass is 19.3. The summed E-state index contributed by atoms with van der Waals surface area (Å²) in [4.78, 5) is 25.0. The van der Waals surface area contributed by atoms with Gasteiger partial charge in [-0.25, -0.2) is 13.6 Å². The number of aromatic nitrogens is 2. The number of alkyl halides is 2. The second-order valence-electron chi connectivity index (χ2n) is 6.93. The molecule has 28 heavy (non-hydrogen) atoms. The van der Waals surface area contributed by atoms with E-state index in [0.29, 0.717) is 11.3 Å². The van der Waals surface area contributed by atoms with E-state index in [2.05, 4.69) is 0 Å². The molecule has 4 atom stereocenters. The highest BCUT2D eigenvalue weighted by Crippen LogP contribution is 2.69. The fourth-order valence-corrected chi connectivity index (χ4v) is 3.80. The van der Waals surface area contributed by atoms with Crippen LogP contribution in [0.1, 0.15) is 11.8 Å². The highest BCUT2D eigenvalue weighted by Gasteiger charge is 2.89. The van der Waals surface area contributed by atoms with Crippen LogP contribution in [0.4, 0.5) is 8.78 Å². The molecular formula is C18H18F2N2O6. The zero-order chi connectivity index (χ0) is 20.3. The van der Waals surface area contributed by atoms with Gasteiger partial charge in [-0.05, 0) is 17.7 Å². The van der Waals surface area contributed by atoms with Crippen LogP contribution in [0.5, 0.6) is 5.75 Å². The Bertz CT molecular complexity index is 1020. The lowest BCUT2D eigenvalue weighted by molar-refractivity contribution is -0.158. The van der Waals surface area contributed by atoms with Gasteiger partial charge in [0, 0.05) is 12.3 Å². The van der Waals surface area contributed by atoms with Crippen LogP contribution >= 0.6 is 0 Å². The molecule has 10 heteroatoms. The van der Waals surface area contributed by atoms with Crippen molar-refractivity contribution in [3.8, 4) is 5.75 Å². The summed E-state index contributed by atoms with van der Waals surface area (Å²) in [5.74, 6) is -4.37. The van der Waals surface area contributed by atoms with Crippen LogP contribution in [0, 0.1) is 5.92 Å². The van der Waals surface area contributed by atoms with Crippen LogP contribution in [0.15, 0.2) is 46.1 Å². The lowest BCUT2D eigenvalue weighted by Gasteiger charge is -2.24. The van der Waals surface area contributed by atoms with Crippen LogP contribution in [-0.2, 0) is 11.3 Å². The number of aliphatic hydroxyl groups is 2. The molecule has 2 fully saturated rings. The first-order chi connectivity index (χ1) is 13.3. The van der Waals surface area contributed by atoms with E-state index in [4.69, 9.17) is 9.47 Å². The summed E-state index contributed by atoms with van der Waals surface area (Å²) in [5, 5.41) is 19.6. The molecule has 0 spiro atoms. The minimum absolute atomic E-state index is 0.0595. The predicted molar refractivity (Wildman–Crippen MR) is 91.4 cm³/mol. The Morgan fingerprint density at radius 3 is 2.46 bits per heavy atom. The minimum Gasteiger partial charge on any atom is -0.497 e. The van der Waals surface area contributed by atoms with E-state index in [1.165, 1.54) is 7.11 Å². The maximum absolute atomic E-state index is 13.8. The smallest absolute Gasteiger partial charge is 0.333 e. The first kappa shape index (κ1) is 18.8. The lowest BCUT2D eigenvalue weighted by Crippen LogP contribution is -2.44. The summed E-state index contributed by atoms with van der Waals surface area (Å²) in [7, 11) is 1.51. The number of fused-ring (bicyclic) bond motifs is 1. The minimum atomic E-state index is -3.38. The van der Waals surface area contributed by atoms with Crippen molar-refractivity contribution in [3.05, 3.63) is 62.9 Å². The quantitative estimate of drug-likeness (QED) is 0.735. The van der Waals surface area contributed by atoms with Gasteiger partial charge in [0.05, 0.1) is 26.2 Å². The van der Waals surface area contributed by atoms with E-state index in [1.54, 1.807) is 24.3 Å². The van der Waals surface area contributed by atoms with Gasteiger partial charge in [0.2, 0.25) is 0 Å². The number of hydrogen-bond acceptors (Lipinski definition) is 6. The second-order valence-corrected chi connectivity index (χ2v) is 6.93. The molecule has 8 nitrogen and oxygen atoms in total. The molecule has 150 valence electrons. The first-order valence-electron chi connectivity index (χ1n) is 8.56. The van der Waals surface area contributed by atoms with Gasteiger partial charge in [-0.2, -0.15) is 0 Å². The standard InChI is InChI=1S/C18H18F2N2O6/c1-27-11-4-2-10(3-5-11)8-22-12(24)6-7-21(16(22)26)15-13(25)14-17(9-23,28-15)18(14,19)20/h2-7,13-15,23,25H,8-9H2,1H3/t13-,14+,15-,17-/m1/s1. The van der Waals surface area contributed by atoms with Crippen LogP contribution in [-0.4, -0.2) is 50.7 Å². The lowest BCUT2D eigenvalue weighted by atomic mass is 10.2. The van der Waals surface area contributed by atoms with E-state index in [1.807, 2.05) is 0 Å². The molecule has 0 amide bonds. The monoisotopic (exact) mass is 396 g/mol. The van der Waals surface area contributed by atoms with Gasteiger partial charge in [-0.1, -0.05) is 12.1 Å². The van der Waals surface area contributed by atoms with Crippen LogP contribution < -0.4 is 16.0 Å². The number of halogens is 2. The summed E-state index contributed by atoms with van der Waals surface area (Å²) in [5.41, 5.74) is -2.96. The van der Waals surface area contributed by atoms with Gasteiger partial charge >= 0.3 is 5.69 Å². The molecule has 0 unspecified atom stereocenters. The van der Waals surface area contributed by atoms with Gasteiger partial charge in [0.1, 0.15) is 11.9 Å². The topological polar surface area (TPSA) is 103 Å². The van der Waals surface area contributed by atoms with Crippen molar-refractivity contribution in [3.63, 3.8) is 0 Å². The number of nitrogens with zero attached hydrogens (tertiary/aromatic N) is 2. The average Bonchev–Trinajstić information content (AvgIpc) is 2.98. The molecule has 0 bridgehead atoms. The average molecular weight is 396 g/mol. The summed E-state index contributed by atoms with van der Waals surface area (Å²) in [6.07, 6.45) is -2.03. The van der Waals surface area contributed by atoms with Gasteiger partial charge in [-0.3, -0.25) is 13.9 Å². The number of aliphatic hydroxyl groups excluding tert-OH is 2. The molecule has 0 radical (unpaired) electrons. The Hall–Kier alpha value is -2.56. The zero-order valence-corrected chi connectivity index (χ0v) is 14.8. The third-order valence-electron chi connectivity index (χ3n) is 5.44.